The number of methoxy groups -OCH3 is 1. The highest BCUT2D eigenvalue weighted by molar-refractivity contribution is 6.09. The molecule has 1 aromatic carbocycles. The van der Waals surface area contributed by atoms with E-state index in [1.165, 1.54) is 0 Å². The van der Waals surface area contributed by atoms with Crippen molar-refractivity contribution in [3.8, 4) is 5.75 Å². The predicted molar refractivity (Wildman–Crippen MR) is 100 cm³/mol. The van der Waals surface area contributed by atoms with Gasteiger partial charge in [0.15, 0.2) is 0 Å². The standard InChI is InChI=1S/C20H28N2O5/c1-6-11-27-17(23)15(7-2)22-18(24)20(8-3,21-19(22)25)14-9-10-16(26-5)13(4)12-14/h9-10,12,15H,6-8,11H2,1-5H3,(H,21,25). The van der Waals surface area contributed by atoms with E-state index in [-0.39, 0.29) is 6.61 Å². The van der Waals surface area contributed by atoms with E-state index in [0.29, 0.717) is 30.6 Å². The molecule has 0 aliphatic carbocycles. The maximum Gasteiger partial charge on any atom is 0.329 e. The molecule has 1 saturated heterocycles. The molecule has 0 aromatic heterocycles. The summed E-state index contributed by atoms with van der Waals surface area (Å²) in [5, 5.41) is 2.81. The molecule has 2 atom stereocenters. The number of ether oxygens (including phenoxy) is 2. The SMILES string of the molecule is CCCOC(=O)C(CC)N1C(=O)NC(CC)(c2ccc(OC)c(C)c2)C1=O. The molecule has 27 heavy (non-hydrogen) atoms. The Labute approximate surface area is 160 Å². The highest BCUT2D eigenvalue weighted by Crippen LogP contribution is 2.36. The van der Waals surface area contributed by atoms with E-state index in [1.54, 1.807) is 26.2 Å². The lowest BCUT2D eigenvalue weighted by Gasteiger charge is -2.28. The van der Waals surface area contributed by atoms with Gasteiger partial charge in [-0.1, -0.05) is 26.8 Å². The number of rotatable bonds is 8. The number of aryl methyl sites for hydroxylation is 1. The molecule has 1 fully saturated rings. The van der Waals surface area contributed by atoms with E-state index in [0.717, 1.165) is 10.5 Å². The zero-order valence-electron chi connectivity index (χ0n) is 16.6. The Morgan fingerprint density at radius 3 is 2.48 bits per heavy atom. The first-order chi connectivity index (χ1) is 12.9. The highest BCUT2D eigenvalue weighted by atomic mass is 16.5. The third-order valence-electron chi connectivity index (χ3n) is 4.96. The van der Waals surface area contributed by atoms with Crippen molar-refractivity contribution in [1.82, 2.24) is 10.2 Å². The number of nitrogens with zero attached hydrogens (tertiary/aromatic N) is 1. The largest absolute Gasteiger partial charge is 0.496 e. The normalized spacial score (nSPS) is 20.4. The monoisotopic (exact) mass is 376 g/mol. The van der Waals surface area contributed by atoms with Crippen LogP contribution in [0.4, 0.5) is 4.79 Å². The van der Waals surface area contributed by atoms with Gasteiger partial charge in [-0.05, 0) is 49.4 Å². The molecule has 1 N–H and O–H groups in total. The minimum atomic E-state index is -1.20. The second kappa shape index (κ2) is 8.41. The summed E-state index contributed by atoms with van der Waals surface area (Å²) < 4.78 is 10.5. The molecular formula is C20H28N2O5. The van der Waals surface area contributed by atoms with Crippen molar-refractivity contribution in [2.45, 2.75) is 58.5 Å². The van der Waals surface area contributed by atoms with E-state index < -0.39 is 29.5 Å². The van der Waals surface area contributed by atoms with Crippen LogP contribution in [0.3, 0.4) is 0 Å². The molecule has 7 heteroatoms. The van der Waals surface area contributed by atoms with Crippen molar-refractivity contribution >= 4 is 17.9 Å². The minimum absolute atomic E-state index is 0.260. The van der Waals surface area contributed by atoms with Crippen molar-refractivity contribution in [3.63, 3.8) is 0 Å². The lowest BCUT2D eigenvalue weighted by Crippen LogP contribution is -2.48. The summed E-state index contributed by atoms with van der Waals surface area (Å²) in [5.41, 5.74) is 0.325. The van der Waals surface area contributed by atoms with Crippen LogP contribution in [0.15, 0.2) is 18.2 Å². The van der Waals surface area contributed by atoms with Crippen LogP contribution in [0.1, 0.15) is 51.2 Å². The number of hydrogen-bond acceptors (Lipinski definition) is 5. The molecule has 7 nitrogen and oxygen atoms in total. The van der Waals surface area contributed by atoms with E-state index >= 15 is 0 Å². The molecule has 0 bridgehead atoms. The highest BCUT2D eigenvalue weighted by Gasteiger charge is 2.54. The lowest BCUT2D eigenvalue weighted by atomic mass is 9.86. The number of imide groups is 1. The smallest absolute Gasteiger partial charge is 0.329 e. The van der Waals surface area contributed by atoms with Gasteiger partial charge in [-0.25, -0.2) is 14.5 Å². The number of carbonyl (C=O) groups is 3. The molecule has 1 heterocycles. The Kier molecular flexibility index (Phi) is 6.46. The molecule has 3 amide bonds. The van der Waals surface area contributed by atoms with Crippen LogP contribution in [0, 0.1) is 6.92 Å². The summed E-state index contributed by atoms with van der Waals surface area (Å²) in [6.45, 7) is 7.60. The first kappa shape index (κ1) is 20.7. The Balaban J connectivity index is 2.41. The Hall–Kier alpha value is -2.57. The van der Waals surface area contributed by atoms with Crippen LogP contribution in [-0.2, 0) is 19.9 Å². The van der Waals surface area contributed by atoms with Crippen LogP contribution >= 0.6 is 0 Å². The second-order valence-corrected chi connectivity index (χ2v) is 6.64. The topological polar surface area (TPSA) is 84.9 Å². The minimum Gasteiger partial charge on any atom is -0.496 e. The summed E-state index contributed by atoms with van der Waals surface area (Å²) in [7, 11) is 1.58. The van der Waals surface area contributed by atoms with Crippen molar-refractivity contribution in [2.24, 2.45) is 0 Å². The number of amides is 3. The quantitative estimate of drug-likeness (QED) is 0.557. The van der Waals surface area contributed by atoms with Crippen molar-refractivity contribution in [3.05, 3.63) is 29.3 Å². The van der Waals surface area contributed by atoms with Gasteiger partial charge < -0.3 is 14.8 Å². The van der Waals surface area contributed by atoms with Gasteiger partial charge in [0.2, 0.25) is 0 Å². The van der Waals surface area contributed by atoms with Crippen LogP contribution in [0.25, 0.3) is 0 Å². The average Bonchev–Trinajstić information content (AvgIpc) is 2.92. The first-order valence-electron chi connectivity index (χ1n) is 9.33. The molecule has 2 rings (SSSR count). The predicted octanol–water partition coefficient (Wildman–Crippen LogP) is 2.89. The number of esters is 1. The van der Waals surface area contributed by atoms with Crippen molar-refractivity contribution in [1.29, 1.82) is 0 Å². The van der Waals surface area contributed by atoms with Crippen LogP contribution < -0.4 is 10.1 Å². The van der Waals surface area contributed by atoms with Gasteiger partial charge in [-0.3, -0.25) is 4.79 Å². The molecule has 0 radical (unpaired) electrons. The molecule has 2 unspecified atom stereocenters. The number of carbonyl (C=O) groups excluding carboxylic acids is 3. The van der Waals surface area contributed by atoms with Gasteiger partial charge in [0, 0.05) is 0 Å². The second-order valence-electron chi connectivity index (χ2n) is 6.64. The number of urea groups is 1. The van der Waals surface area contributed by atoms with Crippen molar-refractivity contribution in [2.75, 3.05) is 13.7 Å². The van der Waals surface area contributed by atoms with Gasteiger partial charge >= 0.3 is 12.0 Å². The van der Waals surface area contributed by atoms with E-state index in [1.807, 2.05) is 26.8 Å². The fourth-order valence-electron chi connectivity index (χ4n) is 3.41. The van der Waals surface area contributed by atoms with Crippen LogP contribution in [-0.4, -0.2) is 42.6 Å². The third-order valence-corrected chi connectivity index (χ3v) is 4.96. The number of nitrogens with one attached hydrogen (secondary N) is 1. The van der Waals surface area contributed by atoms with E-state index in [4.69, 9.17) is 9.47 Å². The summed E-state index contributed by atoms with van der Waals surface area (Å²) >= 11 is 0. The molecule has 1 aliphatic rings. The Morgan fingerprint density at radius 1 is 1.26 bits per heavy atom. The van der Waals surface area contributed by atoms with Gasteiger partial charge in [0.05, 0.1) is 13.7 Å². The Bertz CT molecular complexity index is 733. The van der Waals surface area contributed by atoms with Gasteiger partial charge in [-0.15, -0.1) is 0 Å². The molecular weight excluding hydrogens is 348 g/mol. The summed E-state index contributed by atoms with van der Waals surface area (Å²) in [6.07, 6.45) is 1.33. The van der Waals surface area contributed by atoms with Gasteiger partial charge in [0.1, 0.15) is 17.3 Å². The summed E-state index contributed by atoms with van der Waals surface area (Å²) in [4.78, 5) is 39.4. The fourth-order valence-corrected chi connectivity index (χ4v) is 3.41. The fraction of sp³-hybridized carbons (Fsp3) is 0.550. The molecule has 148 valence electrons. The van der Waals surface area contributed by atoms with E-state index in [9.17, 15) is 14.4 Å². The molecule has 0 spiro atoms. The summed E-state index contributed by atoms with van der Waals surface area (Å²) in [5.74, 6) is -0.284. The maximum atomic E-state index is 13.3. The third kappa shape index (κ3) is 3.63. The molecule has 1 aliphatic heterocycles. The van der Waals surface area contributed by atoms with E-state index in [2.05, 4.69) is 5.32 Å². The van der Waals surface area contributed by atoms with Crippen LogP contribution in [0.5, 0.6) is 5.75 Å². The van der Waals surface area contributed by atoms with Gasteiger partial charge in [-0.2, -0.15) is 0 Å². The number of hydrogen-bond donors (Lipinski definition) is 1. The van der Waals surface area contributed by atoms with Crippen molar-refractivity contribution < 1.29 is 23.9 Å². The molecule has 1 aromatic rings. The maximum absolute atomic E-state index is 13.3. The summed E-state index contributed by atoms with van der Waals surface area (Å²) in [6, 6.07) is 3.87. The first-order valence-corrected chi connectivity index (χ1v) is 9.33. The van der Waals surface area contributed by atoms with Crippen LogP contribution in [0.2, 0.25) is 0 Å². The number of benzene rings is 1. The zero-order valence-corrected chi connectivity index (χ0v) is 16.6. The molecule has 0 saturated carbocycles. The Morgan fingerprint density at radius 2 is 1.96 bits per heavy atom. The zero-order chi connectivity index (χ0) is 20.2. The van der Waals surface area contributed by atoms with Gasteiger partial charge in [0.25, 0.3) is 5.91 Å². The average molecular weight is 376 g/mol. The lowest BCUT2D eigenvalue weighted by molar-refractivity contribution is -0.153.